The molecule has 0 aromatic rings. The van der Waals surface area contributed by atoms with Crippen molar-refractivity contribution in [3.8, 4) is 0 Å². The van der Waals surface area contributed by atoms with E-state index in [1.165, 1.54) is 0 Å². The average molecular weight is 348 g/mol. The zero-order valence-corrected chi connectivity index (χ0v) is 12.8. The highest BCUT2D eigenvalue weighted by Crippen LogP contribution is 1.97. The van der Waals surface area contributed by atoms with Crippen LogP contribution < -0.4 is 21.7 Å². The molecule has 0 spiro atoms. The molecule has 0 aliphatic carbocycles. The van der Waals surface area contributed by atoms with Crippen LogP contribution in [-0.2, 0) is 24.0 Å². The van der Waals surface area contributed by atoms with Crippen LogP contribution in [0.15, 0.2) is 0 Å². The van der Waals surface area contributed by atoms with Crippen LogP contribution in [0, 0.1) is 0 Å². The van der Waals surface area contributed by atoms with Gasteiger partial charge in [-0.15, -0.1) is 0 Å². The van der Waals surface area contributed by atoms with E-state index < -0.39 is 67.4 Å². The molecule has 24 heavy (non-hydrogen) atoms. The summed E-state index contributed by atoms with van der Waals surface area (Å²) in [5.74, 6) is -5.21. The predicted octanol–water partition coefficient (Wildman–Crippen LogP) is -4.59. The number of nitrogens with one attached hydrogen (secondary N) is 3. The predicted molar refractivity (Wildman–Crippen MR) is 77.1 cm³/mol. The van der Waals surface area contributed by atoms with Crippen molar-refractivity contribution >= 4 is 29.6 Å². The molecule has 0 unspecified atom stereocenters. The summed E-state index contributed by atoms with van der Waals surface area (Å²) < 4.78 is 0. The van der Waals surface area contributed by atoms with Gasteiger partial charge in [0, 0.05) is 6.92 Å². The number of rotatable bonds is 10. The fourth-order valence-corrected chi connectivity index (χ4v) is 1.57. The van der Waals surface area contributed by atoms with E-state index in [1.54, 1.807) is 0 Å². The van der Waals surface area contributed by atoms with Crippen LogP contribution in [-0.4, -0.2) is 76.3 Å². The second kappa shape index (κ2) is 10.1. The molecule has 3 atom stereocenters. The lowest BCUT2D eigenvalue weighted by molar-refractivity contribution is -0.141. The Labute approximate surface area is 136 Å². The molecule has 0 radical (unpaired) electrons. The van der Waals surface area contributed by atoms with Crippen LogP contribution in [0.2, 0.25) is 0 Å². The van der Waals surface area contributed by atoms with Crippen molar-refractivity contribution in [3.63, 3.8) is 0 Å². The highest BCUT2D eigenvalue weighted by Gasteiger charge is 2.29. The maximum atomic E-state index is 12.0. The SMILES string of the molecule is CC(=O)N[C@@H](CO)C(=O)N[C@@H](CC(=O)O)C(=O)N[C@@H](CO)C(N)=O. The van der Waals surface area contributed by atoms with Gasteiger partial charge in [0.25, 0.3) is 0 Å². The fraction of sp³-hybridized carbons (Fsp3) is 0.583. The summed E-state index contributed by atoms with van der Waals surface area (Å²) >= 11 is 0. The standard InChI is InChI=1S/C12H20N4O8/c1-5(19)14-8(4-18)12(24)15-6(2-9(20)21)11(23)16-7(3-17)10(13)22/h6-8,17-18H,2-4H2,1H3,(H2,13,22)(H,14,19)(H,15,24)(H,16,23)(H,20,21)/t6-,7-,8-/m0/s1. The molecule has 0 aliphatic heterocycles. The van der Waals surface area contributed by atoms with Gasteiger partial charge in [0.15, 0.2) is 0 Å². The van der Waals surface area contributed by atoms with E-state index in [0.29, 0.717) is 0 Å². The van der Waals surface area contributed by atoms with Crippen molar-refractivity contribution in [1.29, 1.82) is 0 Å². The average Bonchev–Trinajstić information content (AvgIpc) is 2.47. The summed E-state index contributed by atoms with van der Waals surface area (Å²) in [6.45, 7) is -0.510. The molecule has 0 aromatic carbocycles. The first-order valence-corrected chi connectivity index (χ1v) is 6.73. The maximum Gasteiger partial charge on any atom is 0.305 e. The molecule has 0 aliphatic rings. The molecule has 0 saturated carbocycles. The summed E-state index contributed by atoms with van der Waals surface area (Å²) in [4.78, 5) is 56.6. The van der Waals surface area contributed by atoms with Gasteiger partial charge in [-0.3, -0.25) is 24.0 Å². The first-order chi connectivity index (χ1) is 11.1. The molecule has 4 amide bonds. The van der Waals surface area contributed by atoms with Crippen LogP contribution >= 0.6 is 0 Å². The fourth-order valence-electron chi connectivity index (χ4n) is 1.57. The Bertz CT molecular complexity index is 509. The van der Waals surface area contributed by atoms with Crippen LogP contribution in [0.25, 0.3) is 0 Å². The summed E-state index contributed by atoms with van der Waals surface area (Å²) in [5.41, 5.74) is 4.92. The van der Waals surface area contributed by atoms with Gasteiger partial charge in [-0.25, -0.2) is 0 Å². The number of carbonyl (C=O) groups excluding carboxylic acids is 4. The lowest BCUT2D eigenvalue weighted by Gasteiger charge is -2.22. The highest BCUT2D eigenvalue weighted by atomic mass is 16.4. The first-order valence-electron chi connectivity index (χ1n) is 6.73. The van der Waals surface area contributed by atoms with Crippen molar-refractivity contribution in [1.82, 2.24) is 16.0 Å². The number of hydrogen-bond donors (Lipinski definition) is 7. The first kappa shape index (κ1) is 21.3. The number of aliphatic hydroxyl groups excluding tert-OH is 2. The lowest BCUT2D eigenvalue weighted by atomic mass is 10.1. The molecular formula is C12H20N4O8. The minimum Gasteiger partial charge on any atom is -0.481 e. The lowest BCUT2D eigenvalue weighted by Crippen LogP contribution is -2.58. The summed E-state index contributed by atoms with van der Waals surface area (Å²) in [5, 5.41) is 32.9. The van der Waals surface area contributed by atoms with Crippen molar-refractivity contribution < 1.29 is 39.3 Å². The molecule has 136 valence electrons. The van der Waals surface area contributed by atoms with Crippen LogP contribution in [0.3, 0.4) is 0 Å². The number of hydrogen-bond acceptors (Lipinski definition) is 7. The largest absolute Gasteiger partial charge is 0.481 e. The normalized spacial score (nSPS) is 14.0. The van der Waals surface area contributed by atoms with Crippen LogP contribution in [0.4, 0.5) is 0 Å². The van der Waals surface area contributed by atoms with E-state index in [-0.39, 0.29) is 0 Å². The van der Waals surface area contributed by atoms with E-state index in [2.05, 4.69) is 5.32 Å². The molecule has 0 rings (SSSR count). The molecule has 0 bridgehead atoms. The zero-order valence-electron chi connectivity index (χ0n) is 12.8. The highest BCUT2D eigenvalue weighted by molar-refractivity contribution is 5.95. The van der Waals surface area contributed by atoms with Crippen LogP contribution in [0.1, 0.15) is 13.3 Å². The third kappa shape index (κ3) is 7.51. The van der Waals surface area contributed by atoms with Gasteiger partial charge in [0.2, 0.25) is 23.6 Å². The Morgan fingerprint density at radius 1 is 0.875 bits per heavy atom. The van der Waals surface area contributed by atoms with E-state index in [4.69, 9.17) is 21.1 Å². The molecule has 0 saturated heterocycles. The summed E-state index contributed by atoms with van der Waals surface area (Å²) in [6.07, 6.45) is -0.841. The van der Waals surface area contributed by atoms with Gasteiger partial charge in [-0.2, -0.15) is 0 Å². The van der Waals surface area contributed by atoms with Crippen molar-refractivity contribution in [2.75, 3.05) is 13.2 Å². The molecule has 8 N–H and O–H groups in total. The van der Waals surface area contributed by atoms with E-state index in [9.17, 15) is 24.0 Å². The third-order valence-electron chi connectivity index (χ3n) is 2.73. The number of carboxylic acid groups (broad SMARTS) is 1. The Morgan fingerprint density at radius 2 is 1.33 bits per heavy atom. The van der Waals surface area contributed by atoms with Gasteiger partial charge in [-0.05, 0) is 0 Å². The van der Waals surface area contributed by atoms with Gasteiger partial charge >= 0.3 is 5.97 Å². The number of amides is 4. The molecule has 0 aromatic heterocycles. The third-order valence-corrected chi connectivity index (χ3v) is 2.73. The minimum atomic E-state index is -1.62. The minimum absolute atomic E-state index is 0.627. The van der Waals surface area contributed by atoms with Gasteiger partial charge < -0.3 is 37.0 Å². The van der Waals surface area contributed by atoms with E-state index in [1.807, 2.05) is 10.6 Å². The van der Waals surface area contributed by atoms with E-state index in [0.717, 1.165) is 6.92 Å². The number of nitrogens with two attached hydrogens (primary N) is 1. The quantitative estimate of drug-likeness (QED) is 0.204. The van der Waals surface area contributed by atoms with Crippen LogP contribution in [0.5, 0.6) is 0 Å². The van der Waals surface area contributed by atoms with Crippen molar-refractivity contribution in [2.24, 2.45) is 5.73 Å². The van der Waals surface area contributed by atoms with Crippen molar-refractivity contribution in [2.45, 2.75) is 31.5 Å². The Kier molecular flexibility index (Phi) is 8.97. The van der Waals surface area contributed by atoms with Gasteiger partial charge in [0.05, 0.1) is 19.6 Å². The zero-order chi connectivity index (χ0) is 18.9. The Hall–Kier alpha value is -2.73. The monoisotopic (exact) mass is 348 g/mol. The summed E-state index contributed by atoms with van der Waals surface area (Å²) in [7, 11) is 0. The maximum absolute atomic E-state index is 12.0. The Morgan fingerprint density at radius 3 is 1.71 bits per heavy atom. The summed E-state index contributed by atoms with van der Waals surface area (Å²) in [6, 6.07) is -4.47. The second-order valence-electron chi connectivity index (χ2n) is 4.74. The Balaban J connectivity index is 5.08. The number of primary amides is 1. The topological polar surface area (TPSA) is 208 Å². The van der Waals surface area contributed by atoms with Crippen molar-refractivity contribution in [3.05, 3.63) is 0 Å². The molecule has 0 fully saturated rings. The molecular weight excluding hydrogens is 328 g/mol. The number of aliphatic hydroxyl groups is 2. The second-order valence-corrected chi connectivity index (χ2v) is 4.74. The number of carbonyl (C=O) groups is 5. The van der Waals surface area contributed by atoms with Gasteiger partial charge in [-0.1, -0.05) is 0 Å². The molecule has 12 nitrogen and oxygen atoms in total. The number of carboxylic acids is 1. The number of aliphatic carboxylic acids is 1. The molecule has 0 heterocycles. The van der Waals surface area contributed by atoms with E-state index >= 15 is 0 Å². The smallest absolute Gasteiger partial charge is 0.305 e. The molecule has 12 heteroatoms. The van der Waals surface area contributed by atoms with Gasteiger partial charge in [0.1, 0.15) is 18.1 Å².